The highest BCUT2D eigenvalue weighted by Crippen LogP contribution is 2.67. The average Bonchev–Trinajstić information content (AvgIpc) is 3.14. The minimum atomic E-state index is -2.97. The summed E-state index contributed by atoms with van der Waals surface area (Å²) in [6, 6.07) is 8.39. The molecule has 0 aliphatic heterocycles. The largest absolute Gasteiger partial charge is 0.441 e. The van der Waals surface area contributed by atoms with Crippen LogP contribution in [0, 0.1) is 10.7 Å². The van der Waals surface area contributed by atoms with E-state index in [0.29, 0.717) is 28.2 Å². The first-order chi connectivity index (χ1) is 14.3. The van der Waals surface area contributed by atoms with Crippen LogP contribution in [0.3, 0.4) is 0 Å². The molecule has 0 spiro atoms. The van der Waals surface area contributed by atoms with Gasteiger partial charge in [-0.15, -0.1) is 0 Å². The van der Waals surface area contributed by atoms with Gasteiger partial charge in [0.1, 0.15) is 15.2 Å². The predicted octanol–water partition coefficient (Wildman–Crippen LogP) is 4.49. The Balaban J connectivity index is 1.13. The lowest BCUT2D eigenvalue weighted by atomic mass is 9.39. The van der Waals surface area contributed by atoms with E-state index in [9.17, 15) is 9.00 Å². The SMILES string of the molecule is N=S(=O)(CC1CC1)c1ccc(C(=O)NC23CC(c4nc5cc(Cl)ccc5o4)(C2)C3)o1. The smallest absolute Gasteiger partial charge is 0.287 e. The summed E-state index contributed by atoms with van der Waals surface area (Å²) in [7, 11) is -2.97. The highest BCUT2D eigenvalue weighted by atomic mass is 35.5. The van der Waals surface area contributed by atoms with Crippen LogP contribution in [0.15, 0.2) is 44.3 Å². The zero-order valence-electron chi connectivity index (χ0n) is 16.1. The Morgan fingerprint density at radius 3 is 2.73 bits per heavy atom. The fourth-order valence-electron chi connectivity index (χ4n) is 4.90. The van der Waals surface area contributed by atoms with Gasteiger partial charge in [-0.3, -0.25) is 4.79 Å². The minimum absolute atomic E-state index is 0.0961. The van der Waals surface area contributed by atoms with Crippen molar-refractivity contribution in [2.45, 2.75) is 48.2 Å². The molecule has 1 atom stereocenters. The lowest BCUT2D eigenvalue weighted by Gasteiger charge is -2.68. The third-order valence-electron chi connectivity index (χ3n) is 6.51. The molecule has 7 nitrogen and oxygen atoms in total. The van der Waals surface area contributed by atoms with Crippen LogP contribution < -0.4 is 5.32 Å². The molecule has 4 fully saturated rings. The zero-order chi connectivity index (χ0) is 20.7. The molecule has 3 aromatic rings. The van der Waals surface area contributed by atoms with E-state index in [-0.39, 0.29) is 27.7 Å². The first-order valence-corrected chi connectivity index (χ1v) is 12.1. The lowest BCUT2D eigenvalue weighted by molar-refractivity contribution is -0.0958. The van der Waals surface area contributed by atoms with Gasteiger partial charge in [-0.25, -0.2) is 14.0 Å². The molecule has 4 aliphatic rings. The van der Waals surface area contributed by atoms with Crippen LogP contribution in [0.4, 0.5) is 0 Å². The highest BCUT2D eigenvalue weighted by Gasteiger charge is 2.71. The number of hydrogen-bond acceptors (Lipinski definition) is 6. The van der Waals surface area contributed by atoms with Gasteiger partial charge in [-0.2, -0.15) is 0 Å². The van der Waals surface area contributed by atoms with Gasteiger partial charge in [0.05, 0.1) is 5.41 Å². The van der Waals surface area contributed by atoms with E-state index in [4.69, 9.17) is 25.2 Å². The van der Waals surface area contributed by atoms with Gasteiger partial charge in [0.25, 0.3) is 5.91 Å². The topological polar surface area (TPSA) is 109 Å². The lowest BCUT2D eigenvalue weighted by Crippen LogP contribution is -2.76. The van der Waals surface area contributed by atoms with Crippen LogP contribution in [0.1, 0.15) is 48.5 Å². The molecule has 156 valence electrons. The monoisotopic (exact) mass is 445 g/mol. The molecule has 9 heteroatoms. The Kier molecular flexibility index (Phi) is 3.62. The Morgan fingerprint density at radius 1 is 1.23 bits per heavy atom. The molecule has 0 radical (unpaired) electrons. The number of halogens is 1. The van der Waals surface area contributed by atoms with Crippen molar-refractivity contribution in [3.63, 3.8) is 0 Å². The van der Waals surface area contributed by atoms with E-state index in [2.05, 4.69) is 10.3 Å². The molecular weight excluding hydrogens is 426 g/mol. The number of oxazole rings is 1. The van der Waals surface area contributed by atoms with E-state index >= 15 is 0 Å². The number of nitrogens with one attached hydrogen (secondary N) is 2. The van der Waals surface area contributed by atoms with Gasteiger partial charge in [-0.1, -0.05) is 11.6 Å². The van der Waals surface area contributed by atoms with Crippen molar-refractivity contribution in [2.75, 3.05) is 5.75 Å². The fraction of sp³-hybridized carbons (Fsp3) is 0.429. The Labute approximate surface area is 178 Å². The summed E-state index contributed by atoms with van der Waals surface area (Å²) in [5, 5.41) is 3.77. The Hall–Kier alpha value is -2.32. The van der Waals surface area contributed by atoms with Crippen LogP contribution in [-0.4, -0.2) is 26.4 Å². The van der Waals surface area contributed by atoms with Crippen LogP contribution in [0.2, 0.25) is 5.02 Å². The molecule has 2 heterocycles. The van der Waals surface area contributed by atoms with E-state index in [0.717, 1.165) is 37.6 Å². The van der Waals surface area contributed by atoms with Crippen LogP contribution in [0.25, 0.3) is 11.1 Å². The number of furan rings is 1. The second-order valence-corrected chi connectivity index (χ2v) is 11.6. The summed E-state index contributed by atoms with van der Waals surface area (Å²) >= 11 is 6.03. The second-order valence-electron chi connectivity index (χ2n) is 9.08. The fourth-order valence-corrected chi connectivity index (χ4v) is 6.74. The summed E-state index contributed by atoms with van der Waals surface area (Å²) < 4.78 is 32.1. The normalized spacial score (nSPS) is 29.1. The molecular formula is C21H20ClN3O4S. The van der Waals surface area contributed by atoms with Gasteiger partial charge in [-0.05, 0) is 68.4 Å². The molecule has 4 saturated carbocycles. The number of carbonyl (C=O) groups is 1. The van der Waals surface area contributed by atoms with Crippen molar-refractivity contribution in [2.24, 2.45) is 5.92 Å². The number of benzene rings is 1. The molecule has 7 rings (SSSR count). The highest BCUT2D eigenvalue weighted by molar-refractivity contribution is 7.92. The van der Waals surface area contributed by atoms with Crippen molar-refractivity contribution in [1.82, 2.24) is 10.3 Å². The van der Waals surface area contributed by atoms with Crippen molar-refractivity contribution in [3.8, 4) is 0 Å². The summed E-state index contributed by atoms with van der Waals surface area (Å²) in [6.45, 7) is 0. The summed E-state index contributed by atoms with van der Waals surface area (Å²) in [5.74, 6) is 1.13. The van der Waals surface area contributed by atoms with E-state index < -0.39 is 9.73 Å². The summed E-state index contributed by atoms with van der Waals surface area (Å²) in [5.41, 5.74) is 1.05. The zero-order valence-corrected chi connectivity index (χ0v) is 17.6. The molecule has 2 bridgehead atoms. The number of aromatic nitrogens is 1. The maximum atomic E-state index is 12.7. The van der Waals surface area contributed by atoms with E-state index in [1.165, 1.54) is 12.1 Å². The Morgan fingerprint density at radius 2 is 2.00 bits per heavy atom. The quantitative estimate of drug-likeness (QED) is 0.580. The van der Waals surface area contributed by atoms with E-state index in [1.807, 2.05) is 6.07 Å². The second kappa shape index (κ2) is 5.88. The van der Waals surface area contributed by atoms with Crippen LogP contribution in [0.5, 0.6) is 0 Å². The third kappa shape index (κ3) is 2.80. The first-order valence-electron chi connectivity index (χ1n) is 10.0. The minimum Gasteiger partial charge on any atom is -0.441 e. The average molecular weight is 446 g/mol. The predicted molar refractivity (Wildman–Crippen MR) is 110 cm³/mol. The van der Waals surface area contributed by atoms with Crippen molar-refractivity contribution < 1.29 is 17.8 Å². The third-order valence-corrected chi connectivity index (χ3v) is 8.56. The van der Waals surface area contributed by atoms with Crippen molar-refractivity contribution in [3.05, 3.63) is 47.0 Å². The van der Waals surface area contributed by atoms with Gasteiger partial charge in [0, 0.05) is 16.3 Å². The van der Waals surface area contributed by atoms with Crippen molar-refractivity contribution >= 4 is 38.3 Å². The summed E-state index contributed by atoms with van der Waals surface area (Å²) in [4.78, 5) is 17.3. The number of rotatable bonds is 6. The number of fused-ring (bicyclic) bond motifs is 1. The summed E-state index contributed by atoms with van der Waals surface area (Å²) in [6.07, 6.45) is 4.31. The van der Waals surface area contributed by atoms with E-state index in [1.54, 1.807) is 12.1 Å². The number of carbonyl (C=O) groups excluding carboxylic acids is 1. The molecule has 1 amide bonds. The molecule has 0 saturated heterocycles. The number of hydrogen-bond donors (Lipinski definition) is 2. The maximum absolute atomic E-state index is 12.7. The molecule has 30 heavy (non-hydrogen) atoms. The van der Waals surface area contributed by atoms with Crippen LogP contribution >= 0.6 is 11.6 Å². The number of nitrogens with zero attached hydrogens (tertiary/aromatic N) is 1. The van der Waals surface area contributed by atoms with Gasteiger partial charge in [0.2, 0.25) is 5.89 Å². The van der Waals surface area contributed by atoms with Gasteiger partial charge < -0.3 is 14.2 Å². The molecule has 2 N–H and O–H groups in total. The number of amides is 1. The van der Waals surface area contributed by atoms with Crippen molar-refractivity contribution in [1.29, 1.82) is 4.78 Å². The van der Waals surface area contributed by atoms with Gasteiger partial charge >= 0.3 is 0 Å². The standard InChI is InChI=1S/C21H20ClN3O4S/c22-13-3-4-15-14(7-13)24-19(29-15)20-9-21(10-20,11-20)25-18(26)16-5-6-17(28-16)30(23,27)8-12-1-2-12/h3-7,12,23H,1-2,8-11H2,(H,25,26). The van der Waals surface area contributed by atoms with Gasteiger partial charge in [0.15, 0.2) is 16.4 Å². The molecule has 1 aromatic carbocycles. The van der Waals surface area contributed by atoms with Crippen LogP contribution in [-0.2, 0) is 15.1 Å². The molecule has 2 aromatic heterocycles. The molecule has 1 unspecified atom stereocenters. The molecule has 4 aliphatic carbocycles. The maximum Gasteiger partial charge on any atom is 0.287 e. The first kappa shape index (κ1) is 18.4. The Bertz CT molecular complexity index is 1280.